The summed E-state index contributed by atoms with van der Waals surface area (Å²) >= 11 is 0. The van der Waals surface area contributed by atoms with Gasteiger partial charge in [-0.05, 0) is 26.8 Å². The van der Waals surface area contributed by atoms with Crippen LogP contribution >= 0.6 is 0 Å². The van der Waals surface area contributed by atoms with Crippen molar-refractivity contribution < 1.29 is 9.53 Å². The van der Waals surface area contributed by atoms with Crippen molar-refractivity contribution in [3.8, 4) is 0 Å². The van der Waals surface area contributed by atoms with E-state index in [2.05, 4.69) is 0 Å². The van der Waals surface area contributed by atoms with Gasteiger partial charge in [-0.2, -0.15) is 0 Å². The summed E-state index contributed by atoms with van der Waals surface area (Å²) in [4.78, 5) is 10.9. The minimum Gasteiger partial charge on any atom is -0.496 e. The van der Waals surface area contributed by atoms with E-state index < -0.39 is 0 Å². The van der Waals surface area contributed by atoms with Gasteiger partial charge < -0.3 is 4.74 Å². The molecule has 0 amide bonds. The predicted octanol–water partition coefficient (Wildman–Crippen LogP) is 2.07. The Morgan fingerprint density at radius 1 is 1.27 bits per heavy atom. The van der Waals surface area contributed by atoms with Crippen molar-refractivity contribution in [3.63, 3.8) is 0 Å². The Morgan fingerprint density at radius 2 is 1.82 bits per heavy atom. The number of hydrogen-bond acceptors (Lipinski definition) is 2. The molecule has 62 valence electrons. The molecule has 0 N–H and O–H groups in total. The van der Waals surface area contributed by atoms with Crippen molar-refractivity contribution in [2.45, 2.75) is 20.8 Å². The topological polar surface area (TPSA) is 26.3 Å². The monoisotopic (exact) mass is 154 g/mol. The Balaban J connectivity index is 4.65. The van der Waals surface area contributed by atoms with Crippen molar-refractivity contribution in [1.82, 2.24) is 0 Å². The largest absolute Gasteiger partial charge is 0.496 e. The molecule has 0 saturated carbocycles. The molecule has 0 aliphatic carbocycles. The zero-order chi connectivity index (χ0) is 8.85. The van der Waals surface area contributed by atoms with Gasteiger partial charge >= 0.3 is 0 Å². The van der Waals surface area contributed by atoms with Crippen LogP contribution in [0.25, 0.3) is 0 Å². The summed E-state index contributed by atoms with van der Waals surface area (Å²) in [5.41, 5.74) is 0.634. The summed E-state index contributed by atoms with van der Waals surface area (Å²) in [6.07, 6.45) is 3.53. The lowest BCUT2D eigenvalue weighted by atomic mass is 10.1. The van der Waals surface area contributed by atoms with Crippen molar-refractivity contribution in [1.29, 1.82) is 0 Å². The minimum atomic E-state index is 0.0300. The molecule has 0 spiro atoms. The van der Waals surface area contributed by atoms with Crippen LogP contribution in [0.2, 0.25) is 0 Å². The number of ether oxygens (including phenoxy) is 1. The molecule has 0 aliphatic rings. The fraction of sp³-hybridized carbons (Fsp3) is 0.444. The normalized spacial score (nSPS) is 13.1. The molecule has 0 radical (unpaired) electrons. The third-order valence-corrected chi connectivity index (χ3v) is 1.42. The summed E-state index contributed by atoms with van der Waals surface area (Å²) < 4.78 is 4.99. The van der Waals surface area contributed by atoms with Crippen LogP contribution in [0.4, 0.5) is 0 Å². The highest BCUT2D eigenvalue weighted by molar-refractivity contribution is 5.96. The molecule has 2 heteroatoms. The van der Waals surface area contributed by atoms with E-state index in [1.165, 1.54) is 6.92 Å². The van der Waals surface area contributed by atoms with Crippen LogP contribution in [0.5, 0.6) is 0 Å². The van der Waals surface area contributed by atoms with E-state index >= 15 is 0 Å². The lowest BCUT2D eigenvalue weighted by Gasteiger charge is -2.05. The van der Waals surface area contributed by atoms with Crippen molar-refractivity contribution in [2.75, 3.05) is 7.11 Å². The molecule has 0 aromatic rings. The average Bonchev–Trinajstić information content (AvgIpc) is 1.99. The van der Waals surface area contributed by atoms with E-state index in [0.717, 1.165) is 0 Å². The van der Waals surface area contributed by atoms with Crippen LogP contribution < -0.4 is 0 Å². The second kappa shape index (κ2) is 4.72. The van der Waals surface area contributed by atoms with Gasteiger partial charge in [0.25, 0.3) is 0 Å². The first-order chi connectivity index (χ1) is 5.17. The molecule has 0 aliphatic heterocycles. The first kappa shape index (κ1) is 9.95. The van der Waals surface area contributed by atoms with Crippen LogP contribution in [0.1, 0.15) is 20.8 Å². The number of hydrogen-bond donors (Lipinski definition) is 0. The molecule has 0 fully saturated rings. The number of carbonyl (C=O) groups is 1. The van der Waals surface area contributed by atoms with Gasteiger partial charge in [-0.3, -0.25) is 4.79 Å². The number of Topliss-reactive ketones (excluding diaryl/α,β-unsaturated/α-hetero) is 1. The molecule has 0 aromatic heterocycles. The van der Waals surface area contributed by atoms with E-state index in [0.29, 0.717) is 11.3 Å². The molecule has 0 atom stereocenters. The molecular formula is C9H14O2. The van der Waals surface area contributed by atoms with Gasteiger partial charge in [0.05, 0.1) is 12.7 Å². The van der Waals surface area contributed by atoms with E-state index in [1.807, 2.05) is 13.8 Å². The highest BCUT2D eigenvalue weighted by Gasteiger charge is 2.07. The van der Waals surface area contributed by atoms with Crippen LogP contribution in [0, 0.1) is 0 Å². The van der Waals surface area contributed by atoms with Gasteiger partial charge in [-0.25, -0.2) is 0 Å². The maximum absolute atomic E-state index is 10.9. The van der Waals surface area contributed by atoms with Crippen molar-refractivity contribution >= 4 is 5.78 Å². The zero-order valence-electron chi connectivity index (χ0n) is 7.47. The molecule has 0 bridgehead atoms. The summed E-state index contributed by atoms with van der Waals surface area (Å²) in [6.45, 7) is 5.18. The summed E-state index contributed by atoms with van der Waals surface area (Å²) in [7, 11) is 1.56. The van der Waals surface area contributed by atoms with Gasteiger partial charge in [0.15, 0.2) is 5.78 Å². The van der Waals surface area contributed by atoms with Gasteiger partial charge in [0, 0.05) is 0 Å². The van der Waals surface area contributed by atoms with Crippen molar-refractivity contribution in [2.24, 2.45) is 0 Å². The number of allylic oxidation sites excluding steroid dienone is 3. The quantitative estimate of drug-likeness (QED) is 0.353. The van der Waals surface area contributed by atoms with Gasteiger partial charge in [-0.1, -0.05) is 6.08 Å². The second-order valence-corrected chi connectivity index (χ2v) is 2.12. The standard InChI is InChI=1S/C9H14O2/c1-5-8(7(3)10)9(6-2)11-4/h5-6H,1-4H3. The van der Waals surface area contributed by atoms with E-state index in [1.54, 1.807) is 19.3 Å². The predicted molar refractivity (Wildman–Crippen MR) is 45.2 cm³/mol. The Labute approximate surface area is 67.6 Å². The second-order valence-electron chi connectivity index (χ2n) is 2.12. The molecule has 0 saturated heterocycles. The third kappa shape index (κ3) is 2.58. The first-order valence-electron chi connectivity index (χ1n) is 3.55. The Bertz CT molecular complexity index is 200. The Hall–Kier alpha value is -1.05. The molecular weight excluding hydrogens is 140 g/mol. The van der Waals surface area contributed by atoms with Gasteiger partial charge in [0.1, 0.15) is 5.76 Å². The SMILES string of the molecule is CC=C(OC)C(=CC)C(C)=O. The fourth-order valence-corrected chi connectivity index (χ4v) is 0.902. The number of rotatable bonds is 3. The minimum absolute atomic E-state index is 0.0300. The molecule has 0 aromatic carbocycles. The van der Waals surface area contributed by atoms with Crippen molar-refractivity contribution in [3.05, 3.63) is 23.5 Å². The molecule has 0 rings (SSSR count). The molecule has 2 nitrogen and oxygen atoms in total. The summed E-state index contributed by atoms with van der Waals surface area (Å²) in [5.74, 6) is 0.669. The highest BCUT2D eigenvalue weighted by atomic mass is 16.5. The van der Waals surface area contributed by atoms with Crippen LogP contribution in [0.15, 0.2) is 23.5 Å². The maximum Gasteiger partial charge on any atom is 0.163 e. The molecule has 11 heavy (non-hydrogen) atoms. The van der Waals surface area contributed by atoms with Crippen LogP contribution in [0.3, 0.4) is 0 Å². The van der Waals surface area contributed by atoms with E-state index in [9.17, 15) is 4.79 Å². The van der Waals surface area contributed by atoms with E-state index in [4.69, 9.17) is 4.74 Å². The fourth-order valence-electron chi connectivity index (χ4n) is 0.902. The number of carbonyl (C=O) groups excluding carboxylic acids is 1. The van der Waals surface area contributed by atoms with Crippen LogP contribution in [-0.2, 0) is 9.53 Å². The summed E-state index contributed by atoms with van der Waals surface area (Å²) in [6, 6.07) is 0. The summed E-state index contributed by atoms with van der Waals surface area (Å²) in [5, 5.41) is 0. The molecule has 0 heterocycles. The first-order valence-corrected chi connectivity index (χ1v) is 3.55. The number of methoxy groups -OCH3 is 1. The Morgan fingerprint density at radius 3 is 1.91 bits per heavy atom. The van der Waals surface area contributed by atoms with E-state index in [-0.39, 0.29) is 5.78 Å². The van der Waals surface area contributed by atoms with Gasteiger partial charge in [0.2, 0.25) is 0 Å². The van der Waals surface area contributed by atoms with Crippen LogP contribution in [-0.4, -0.2) is 12.9 Å². The number of ketones is 1. The van der Waals surface area contributed by atoms with Gasteiger partial charge in [-0.15, -0.1) is 0 Å². The smallest absolute Gasteiger partial charge is 0.163 e. The lowest BCUT2D eigenvalue weighted by Crippen LogP contribution is -2.01. The zero-order valence-corrected chi connectivity index (χ0v) is 7.47. The Kier molecular flexibility index (Phi) is 4.27. The maximum atomic E-state index is 10.9. The highest BCUT2D eigenvalue weighted by Crippen LogP contribution is 2.10. The molecule has 0 unspecified atom stereocenters. The average molecular weight is 154 g/mol. The lowest BCUT2D eigenvalue weighted by molar-refractivity contribution is -0.113. The third-order valence-electron chi connectivity index (χ3n) is 1.42.